The Morgan fingerprint density at radius 2 is 1.96 bits per heavy atom. The van der Waals surface area contributed by atoms with Gasteiger partial charge in [0.1, 0.15) is 11.5 Å². The largest absolute Gasteiger partial charge is 0.361 e. The molecule has 0 unspecified atom stereocenters. The Morgan fingerprint density at radius 1 is 1.20 bits per heavy atom. The molecule has 1 atom stereocenters. The van der Waals surface area contributed by atoms with Crippen molar-refractivity contribution in [2.24, 2.45) is 0 Å². The van der Waals surface area contributed by atoms with Crippen molar-refractivity contribution < 1.29 is 4.52 Å². The predicted molar refractivity (Wildman–Crippen MR) is 97.3 cm³/mol. The second kappa shape index (κ2) is 6.56. The first-order valence-electron chi connectivity index (χ1n) is 9.04. The summed E-state index contributed by atoms with van der Waals surface area (Å²) in [6.45, 7) is 8.17. The van der Waals surface area contributed by atoms with Crippen molar-refractivity contribution in [1.29, 1.82) is 0 Å². The summed E-state index contributed by atoms with van der Waals surface area (Å²) < 4.78 is 5.51. The van der Waals surface area contributed by atoms with Crippen LogP contribution in [0.15, 0.2) is 34.9 Å². The minimum absolute atomic E-state index is 0.309. The lowest BCUT2D eigenvalue weighted by Crippen LogP contribution is -2.24. The third-order valence-corrected chi connectivity index (χ3v) is 5.02. The molecule has 2 aromatic heterocycles. The second-order valence-corrected chi connectivity index (χ2v) is 7.18. The van der Waals surface area contributed by atoms with Gasteiger partial charge in [-0.05, 0) is 38.4 Å². The zero-order valence-corrected chi connectivity index (χ0v) is 15.1. The fourth-order valence-electron chi connectivity index (χ4n) is 3.55. The highest BCUT2D eigenvalue weighted by Gasteiger charge is 2.29. The van der Waals surface area contributed by atoms with Crippen molar-refractivity contribution in [3.05, 3.63) is 53.2 Å². The Balaban J connectivity index is 1.59. The van der Waals surface area contributed by atoms with E-state index < -0.39 is 0 Å². The number of hydrogen-bond acceptors (Lipinski definition) is 5. The van der Waals surface area contributed by atoms with Gasteiger partial charge in [-0.2, -0.15) is 0 Å². The van der Waals surface area contributed by atoms with Gasteiger partial charge in [0.25, 0.3) is 0 Å². The van der Waals surface area contributed by atoms with Crippen molar-refractivity contribution in [1.82, 2.24) is 20.0 Å². The van der Waals surface area contributed by atoms with Crippen LogP contribution in [0.3, 0.4) is 0 Å². The molecule has 3 aromatic rings. The Hall–Kier alpha value is -2.27. The summed E-state index contributed by atoms with van der Waals surface area (Å²) in [7, 11) is 0. The molecule has 0 bridgehead atoms. The fraction of sp³-hybridized carbons (Fsp3) is 0.450. The standard InChI is InChI=1S/C20H24N4O/c1-13(2)20-11-17(23-25-20)19-9-6-10-24(19)12-18-14(3)21-15-7-4-5-8-16(15)22-18/h4-5,7-8,11,13,19H,6,9-10,12H2,1-3H3/t19-/m1/s1. The average Bonchev–Trinajstić information content (AvgIpc) is 3.24. The Bertz CT molecular complexity index is 886. The van der Waals surface area contributed by atoms with Crippen LogP contribution in [0.1, 0.15) is 61.5 Å². The van der Waals surface area contributed by atoms with E-state index in [1.54, 1.807) is 0 Å². The number of likely N-dealkylation sites (tertiary alicyclic amines) is 1. The summed E-state index contributed by atoms with van der Waals surface area (Å²) in [4.78, 5) is 12.0. The van der Waals surface area contributed by atoms with Crippen LogP contribution >= 0.6 is 0 Å². The lowest BCUT2D eigenvalue weighted by molar-refractivity contribution is 0.233. The lowest BCUT2D eigenvalue weighted by atomic mass is 10.1. The predicted octanol–water partition coefficient (Wildman–Crippen LogP) is 4.39. The van der Waals surface area contributed by atoms with Crippen molar-refractivity contribution in [3.63, 3.8) is 0 Å². The average molecular weight is 336 g/mol. The Kier molecular flexibility index (Phi) is 4.25. The minimum Gasteiger partial charge on any atom is -0.361 e. The maximum Gasteiger partial charge on any atom is 0.139 e. The highest BCUT2D eigenvalue weighted by atomic mass is 16.5. The summed E-state index contributed by atoms with van der Waals surface area (Å²) in [6, 6.07) is 10.5. The minimum atomic E-state index is 0.309. The molecule has 0 aliphatic carbocycles. The SMILES string of the molecule is Cc1nc2ccccc2nc1CN1CCC[C@@H]1c1cc(C(C)C)on1. The van der Waals surface area contributed by atoms with Gasteiger partial charge in [0.05, 0.1) is 28.5 Å². The maximum atomic E-state index is 5.51. The first kappa shape index (κ1) is 16.2. The summed E-state index contributed by atoms with van der Waals surface area (Å²) >= 11 is 0. The molecule has 3 heterocycles. The monoisotopic (exact) mass is 336 g/mol. The van der Waals surface area contributed by atoms with E-state index in [2.05, 4.69) is 30.0 Å². The molecule has 25 heavy (non-hydrogen) atoms. The number of benzene rings is 1. The lowest BCUT2D eigenvalue weighted by Gasteiger charge is -2.22. The number of rotatable bonds is 4. The smallest absolute Gasteiger partial charge is 0.139 e. The van der Waals surface area contributed by atoms with Gasteiger partial charge in [0.15, 0.2) is 0 Å². The number of para-hydroxylation sites is 2. The number of aryl methyl sites for hydroxylation is 1. The molecular formula is C20H24N4O. The first-order valence-corrected chi connectivity index (χ1v) is 9.04. The van der Waals surface area contributed by atoms with Crippen LogP contribution in [0, 0.1) is 6.92 Å². The molecular weight excluding hydrogens is 312 g/mol. The number of nitrogens with zero attached hydrogens (tertiary/aromatic N) is 4. The van der Waals surface area contributed by atoms with Gasteiger partial charge in [0, 0.05) is 18.5 Å². The van der Waals surface area contributed by atoms with Crippen molar-refractivity contribution in [2.75, 3.05) is 6.54 Å². The molecule has 0 spiro atoms. The quantitative estimate of drug-likeness (QED) is 0.707. The second-order valence-electron chi connectivity index (χ2n) is 7.18. The van der Waals surface area contributed by atoms with Crippen molar-refractivity contribution in [3.8, 4) is 0 Å². The molecule has 5 nitrogen and oxygen atoms in total. The van der Waals surface area contributed by atoms with Gasteiger partial charge >= 0.3 is 0 Å². The van der Waals surface area contributed by atoms with Gasteiger partial charge in [-0.3, -0.25) is 4.90 Å². The molecule has 1 aliphatic heterocycles. The number of fused-ring (bicyclic) bond motifs is 1. The molecule has 0 radical (unpaired) electrons. The van der Waals surface area contributed by atoms with E-state index in [1.807, 2.05) is 31.2 Å². The van der Waals surface area contributed by atoms with E-state index in [-0.39, 0.29) is 0 Å². The van der Waals surface area contributed by atoms with Crippen LogP contribution in [0.25, 0.3) is 11.0 Å². The molecule has 4 rings (SSSR count). The van der Waals surface area contributed by atoms with Gasteiger partial charge in [-0.15, -0.1) is 0 Å². The molecule has 130 valence electrons. The van der Waals surface area contributed by atoms with Crippen LogP contribution in [-0.4, -0.2) is 26.6 Å². The molecule has 0 N–H and O–H groups in total. The van der Waals surface area contributed by atoms with Crippen LogP contribution in [0.4, 0.5) is 0 Å². The highest BCUT2D eigenvalue weighted by molar-refractivity contribution is 5.74. The molecule has 1 aliphatic rings. The van der Waals surface area contributed by atoms with E-state index in [0.29, 0.717) is 12.0 Å². The maximum absolute atomic E-state index is 5.51. The van der Waals surface area contributed by atoms with Crippen LogP contribution < -0.4 is 0 Å². The summed E-state index contributed by atoms with van der Waals surface area (Å²) in [5.74, 6) is 1.33. The van der Waals surface area contributed by atoms with E-state index in [9.17, 15) is 0 Å². The summed E-state index contributed by atoms with van der Waals surface area (Å²) in [5.41, 5.74) is 5.03. The Morgan fingerprint density at radius 3 is 2.68 bits per heavy atom. The third-order valence-electron chi connectivity index (χ3n) is 5.02. The fourth-order valence-corrected chi connectivity index (χ4v) is 3.55. The van der Waals surface area contributed by atoms with Gasteiger partial charge in [-0.1, -0.05) is 31.1 Å². The van der Waals surface area contributed by atoms with E-state index in [1.165, 1.54) is 6.42 Å². The topological polar surface area (TPSA) is 55.1 Å². The van der Waals surface area contributed by atoms with Crippen molar-refractivity contribution in [2.45, 2.75) is 52.1 Å². The Labute approximate surface area is 148 Å². The zero-order valence-electron chi connectivity index (χ0n) is 15.1. The molecule has 0 saturated carbocycles. The van der Waals surface area contributed by atoms with Crippen LogP contribution in [0.5, 0.6) is 0 Å². The third kappa shape index (κ3) is 3.16. The highest BCUT2D eigenvalue weighted by Crippen LogP contribution is 2.34. The molecule has 1 fully saturated rings. The van der Waals surface area contributed by atoms with Crippen molar-refractivity contribution >= 4 is 11.0 Å². The molecule has 0 amide bonds. The number of aromatic nitrogens is 3. The summed E-state index contributed by atoms with van der Waals surface area (Å²) in [5, 5.41) is 4.33. The number of hydrogen-bond donors (Lipinski definition) is 0. The normalized spacial score (nSPS) is 18.5. The van der Waals surface area contributed by atoms with Gasteiger partial charge in [-0.25, -0.2) is 9.97 Å². The first-order chi connectivity index (χ1) is 12.1. The van der Waals surface area contributed by atoms with Gasteiger partial charge in [0.2, 0.25) is 0 Å². The molecule has 5 heteroatoms. The zero-order chi connectivity index (χ0) is 17.4. The summed E-state index contributed by atoms with van der Waals surface area (Å²) in [6.07, 6.45) is 2.29. The van der Waals surface area contributed by atoms with Gasteiger partial charge < -0.3 is 4.52 Å². The van der Waals surface area contributed by atoms with E-state index in [4.69, 9.17) is 14.5 Å². The van der Waals surface area contributed by atoms with Crippen LogP contribution in [0.2, 0.25) is 0 Å². The van der Waals surface area contributed by atoms with E-state index in [0.717, 1.165) is 53.4 Å². The van der Waals surface area contributed by atoms with E-state index >= 15 is 0 Å². The molecule has 1 aromatic carbocycles. The van der Waals surface area contributed by atoms with Crippen LogP contribution in [-0.2, 0) is 6.54 Å². The molecule has 1 saturated heterocycles.